The minimum Gasteiger partial charge on any atom is -0.383 e. The van der Waals surface area contributed by atoms with E-state index in [-0.39, 0.29) is 23.5 Å². The first-order chi connectivity index (χ1) is 9.90. The molecule has 1 aromatic rings. The summed E-state index contributed by atoms with van der Waals surface area (Å²) in [6, 6.07) is 5.38. The fourth-order valence-corrected chi connectivity index (χ4v) is 2.90. The van der Waals surface area contributed by atoms with Gasteiger partial charge in [-0.2, -0.15) is 0 Å². The number of methoxy groups -OCH3 is 1. The third kappa shape index (κ3) is 5.30. The molecule has 0 radical (unpaired) electrons. The van der Waals surface area contributed by atoms with Crippen LogP contribution in [0, 0.1) is 0 Å². The van der Waals surface area contributed by atoms with E-state index in [9.17, 15) is 13.2 Å². The van der Waals surface area contributed by atoms with Crippen molar-refractivity contribution in [1.82, 2.24) is 10.0 Å². The zero-order valence-corrected chi connectivity index (χ0v) is 12.9. The van der Waals surface area contributed by atoms with Gasteiger partial charge in [-0.3, -0.25) is 4.79 Å². The highest BCUT2D eigenvalue weighted by Crippen LogP contribution is 2.11. The van der Waals surface area contributed by atoms with Crippen molar-refractivity contribution in [2.75, 3.05) is 20.3 Å². The lowest BCUT2D eigenvalue weighted by Crippen LogP contribution is -2.35. The van der Waals surface area contributed by atoms with Gasteiger partial charge in [0.15, 0.2) is 0 Å². The largest absolute Gasteiger partial charge is 0.383 e. The van der Waals surface area contributed by atoms with E-state index in [2.05, 4.69) is 16.6 Å². The molecular formula is C14H20N2O4S. The summed E-state index contributed by atoms with van der Waals surface area (Å²) in [4.78, 5) is 11.8. The Labute approximate surface area is 125 Å². The minimum atomic E-state index is -3.62. The highest BCUT2D eigenvalue weighted by molar-refractivity contribution is 7.89. The van der Waals surface area contributed by atoms with Gasteiger partial charge in [-0.15, -0.1) is 6.58 Å². The molecule has 1 amide bonds. The van der Waals surface area contributed by atoms with Crippen LogP contribution in [0.1, 0.15) is 17.3 Å². The Bertz CT molecular complexity index is 581. The monoisotopic (exact) mass is 312 g/mol. The standard InChI is InChI=1S/C14H20N2O4S/c1-4-9-15-14(17)12-5-7-13(8-6-12)21(18,19)16-11(2)10-20-3/h4-8,11,16H,1,9-10H2,2-3H3,(H,15,17)/t11-/m0/s1. The van der Waals surface area contributed by atoms with Gasteiger partial charge in [-0.25, -0.2) is 13.1 Å². The van der Waals surface area contributed by atoms with E-state index in [4.69, 9.17) is 4.74 Å². The summed E-state index contributed by atoms with van der Waals surface area (Å²) in [6.45, 7) is 5.84. The normalized spacial score (nSPS) is 12.7. The zero-order chi connectivity index (χ0) is 15.9. The molecule has 2 N–H and O–H groups in total. The van der Waals surface area contributed by atoms with Crippen molar-refractivity contribution in [3.05, 3.63) is 42.5 Å². The molecule has 0 fully saturated rings. The van der Waals surface area contributed by atoms with E-state index >= 15 is 0 Å². The van der Waals surface area contributed by atoms with Crippen molar-refractivity contribution in [1.29, 1.82) is 0 Å². The summed E-state index contributed by atoms with van der Waals surface area (Å²) in [5.41, 5.74) is 0.390. The number of nitrogens with one attached hydrogen (secondary N) is 2. The smallest absolute Gasteiger partial charge is 0.251 e. The van der Waals surface area contributed by atoms with Crippen LogP contribution in [-0.2, 0) is 14.8 Å². The summed E-state index contributed by atoms with van der Waals surface area (Å²) in [5.74, 6) is -0.278. The molecule has 116 valence electrons. The summed E-state index contributed by atoms with van der Waals surface area (Å²) < 4.78 is 31.6. The topological polar surface area (TPSA) is 84.5 Å². The van der Waals surface area contributed by atoms with Crippen LogP contribution in [0.25, 0.3) is 0 Å². The molecule has 0 saturated heterocycles. The molecule has 0 aliphatic carbocycles. The van der Waals surface area contributed by atoms with E-state index in [0.29, 0.717) is 12.1 Å². The number of carbonyl (C=O) groups is 1. The van der Waals surface area contributed by atoms with Gasteiger partial charge in [0.25, 0.3) is 5.91 Å². The van der Waals surface area contributed by atoms with Crippen molar-refractivity contribution in [2.45, 2.75) is 17.9 Å². The Hall–Kier alpha value is -1.70. The SMILES string of the molecule is C=CCNC(=O)c1ccc(S(=O)(=O)N[C@@H](C)COC)cc1. The first kappa shape index (κ1) is 17.4. The van der Waals surface area contributed by atoms with E-state index in [1.54, 1.807) is 13.0 Å². The van der Waals surface area contributed by atoms with Crippen molar-refractivity contribution in [3.8, 4) is 0 Å². The Morgan fingerprint density at radius 3 is 2.52 bits per heavy atom. The Morgan fingerprint density at radius 2 is 2.00 bits per heavy atom. The fourth-order valence-electron chi connectivity index (χ4n) is 1.67. The Balaban J connectivity index is 2.81. The lowest BCUT2D eigenvalue weighted by Gasteiger charge is -2.13. The second-order valence-corrected chi connectivity index (χ2v) is 6.21. The van der Waals surface area contributed by atoms with Crippen LogP contribution in [0.15, 0.2) is 41.8 Å². The van der Waals surface area contributed by atoms with Gasteiger partial charge < -0.3 is 10.1 Å². The second kappa shape index (κ2) is 7.92. The maximum atomic E-state index is 12.1. The molecule has 0 spiro atoms. The van der Waals surface area contributed by atoms with Gasteiger partial charge in [0, 0.05) is 25.3 Å². The van der Waals surface area contributed by atoms with Gasteiger partial charge in [0.2, 0.25) is 10.0 Å². The van der Waals surface area contributed by atoms with Gasteiger partial charge in [-0.1, -0.05) is 6.08 Å². The first-order valence-electron chi connectivity index (χ1n) is 6.41. The van der Waals surface area contributed by atoms with E-state index in [1.165, 1.54) is 31.4 Å². The number of rotatable bonds is 8. The number of sulfonamides is 1. The highest BCUT2D eigenvalue weighted by Gasteiger charge is 2.17. The second-order valence-electron chi connectivity index (χ2n) is 4.50. The number of amides is 1. The highest BCUT2D eigenvalue weighted by atomic mass is 32.2. The van der Waals surface area contributed by atoms with Crippen LogP contribution >= 0.6 is 0 Å². The molecule has 0 heterocycles. The van der Waals surface area contributed by atoms with Crippen molar-refractivity contribution in [3.63, 3.8) is 0 Å². The molecule has 7 heteroatoms. The van der Waals surface area contributed by atoms with Crippen molar-refractivity contribution < 1.29 is 17.9 Å². The van der Waals surface area contributed by atoms with Gasteiger partial charge in [0.1, 0.15) is 0 Å². The Morgan fingerprint density at radius 1 is 1.38 bits per heavy atom. The quantitative estimate of drug-likeness (QED) is 0.699. The molecule has 0 unspecified atom stereocenters. The molecule has 0 aliphatic rings. The summed E-state index contributed by atoms with van der Waals surface area (Å²) >= 11 is 0. The summed E-state index contributed by atoms with van der Waals surface area (Å²) in [5, 5.41) is 2.62. The predicted molar refractivity (Wildman–Crippen MR) is 80.6 cm³/mol. The van der Waals surface area contributed by atoms with Crippen molar-refractivity contribution in [2.24, 2.45) is 0 Å². The third-order valence-corrected chi connectivity index (χ3v) is 4.21. The van der Waals surface area contributed by atoms with E-state index < -0.39 is 10.0 Å². The van der Waals surface area contributed by atoms with E-state index in [0.717, 1.165) is 0 Å². The van der Waals surface area contributed by atoms with Crippen LogP contribution in [0.5, 0.6) is 0 Å². The first-order valence-corrected chi connectivity index (χ1v) is 7.89. The van der Waals surface area contributed by atoms with Crippen LogP contribution < -0.4 is 10.0 Å². The number of benzene rings is 1. The molecular weight excluding hydrogens is 292 g/mol. The molecule has 6 nitrogen and oxygen atoms in total. The van der Waals surface area contributed by atoms with Crippen LogP contribution in [0.2, 0.25) is 0 Å². The maximum absolute atomic E-state index is 12.1. The van der Waals surface area contributed by atoms with Crippen LogP contribution in [-0.4, -0.2) is 40.6 Å². The fraction of sp³-hybridized carbons (Fsp3) is 0.357. The van der Waals surface area contributed by atoms with Crippen LogP contribution in [0.3, 0.4) is 0 Å². The molecule has 1 atom stereocenters. The van der Waals surface area contributed by atoms with Crippen molar-refractivity contribution >= 4 is 15.9 Å². The average molecular weight is 312 g/mol. The van der Waals surface area contributed by atoms with E-state index in [1.807, 2.05) is 0 Å². The number of ether oxygens (including phenoxy) is 1. The van der Waals surface area contributed by atoms with Gasteiger partial charge >= 0.3 is 0 Å². The number of hydrogen-bond acceptors (Lipinski definition) is 4. The Kier molecular flexibility index (Phi) is 6.54. The molecule has 21 heavy (non-hydrogen) atoms. The predicted octanol–water partition coefficient (Wildman–Crippen LogP) is 0.916. The molecule has 1 rings (SSSR count). The maximum Gasteiger partial charge on any atom is 0.251 e. The molecule has 1 aromatic carbocycles. The van der Waals surface area contributed by atoms with Gasteiger partial charge in [0.05, 0.1) is 11.5 Å². The average Bonchev–Trinajstić information content (AvgIpc) is 2.44. The number of hydrogen-bond donors (Lipinski definition) is 2. The third-order valence-electron chi connectivity index (χ3n) is 2.61. The molecule has 0 aromatic heterocycles. The number of carbonyl (C=O) groups excluding carboxylic acids is 1. The van der Waals surface area contributed by atoms with Gasteiger partial charge in [-0.05, 0) is 31.2 Å². The summed E-state index contributed by atoms with van der Waals surface area (Å²) in [6.07, 6.45) is 1.57. The van der Waals surface area contributed by atoms with Crippen LogP contribution in [0.4, 0.5) is 0 Å². The minimum absolute atomic E-state index is 0.103. The molecule has 0 aliphatic heterocycles. The molecule has 0 saturated carbocycles. The zero-order valence-electron chi connectivity index (χ0n) is 12.1. The lowest BCUT2D eigenvalue weighted by atomic mass is 10.2. The molecule has 0 bridgehead atoms. The lowest BCUT2D eigenvalue weighted by molar-refractivity contribution is 0.0958. The summed E-state index contributed by atoms with van der Waals surface area (Å²) in [7, 11) is -2.12.